The number of nitrogens with zero attached hydrogens (tertiary/aromatic N) is 4. The van der Waals surface area contributed by atoms with E-state index < -0.39 is 11.1 Å². The highest BCUT2D eigenvalue weighted by molar-refractivity contribution is 8.00. The van der Waals surface area contributed by atoms with Gasteiger partial charge in [0.15, 0.2) is 11.0 Å². The molecule has 0 unspecified atom stereocenters. The van der Waals surface area contributed by atoms with Crippen LogP contribution in [0.4, 0.5) is 10.1 Å². The summed E-state index contributed by atoms with van der Waals surface area (Å²) >= 11 is 1.30. The Morgan fingerprint density at radius 1 is 1.27 bits per heavy atom. The van der Waals surface area contributed by atoms with Gasteiger partial charge < -0.3 is 9.88 Å². The first-order valence-electron chi connectivity index (χ1n) is 8.12. The fourth-order valence-electron chi connectivity index (χ4n) is 2.39. The first-order valence-corrected chi connectivity index (χ1v) is 9.00. The molecule has 0 saturated carbocycles. The van der Waals surface area contributed by atoms with Crippen molar-refractivity contribution in [3.05, 3.63) is 54.6 Å². The zero-order valence-electron chi connectivity index (χ0n) is 14.4. The lowest BCUT2D eigenvalue weighted by Crippen LogP contribution is -2.25. The van der Waals surface area contributed by atoms with Crippen LogP contribution in [0, 0.1) is 5.82 Å². The predicted molar refractivity (Wildman–Crippen MR) is 99.2 cm³/mol. The smallest absolute Gasteiger partial charge is 0.238 e. The van der Waals surface area contributed by atoms with Crippen molar-refractivity contribution in [2.24, 2.45) is 7.05 Å². The van der Waals surface area contributed by atoms with Crippen LogP contribution < -0.4 is 5.32 Å². The van der Waals surface area contributed by atoms with Crippen LogP contribution in [0.25, 0.3) is 11.4 Å². The average Bonchev–Trinajstić information content (AvgIpc) is 3.02. The van der Waals surface area contributed by atoms with Crippen LogP contribution in [0.2, 0.25) is 0 Å². The Hall–Kier alpha value is -2.74. The number of hydrogen-bond acceptors (Lipinski definition) is 5. The van der Waals surface area contributed by atoms with Gasteiger partial charge in [0, 0.05) is 25.0 Å². The molecule has 1 amide bonds. The fourth-order valence-corrected chi connectivity index (χ4v) is 3.31. The summed E-state index contributed by atoms with van der Waals surface area (Å²) in [7, 11) is 1.84. The topological polar surface area (TPSA) is 72.7 Å². The number of aromatic nitrogens is 4. The first-order chi connectivity index (χ1) is 12.6. The second kappa shape index (κ2) is 8.09. The third kappa shape index (κ3) is 3.91. The van der Waals surface area contributed by atoms with E-state index in [0.717, 1.165) is 5.56 Å². The zero-order valence-corrected chi connectivity index (χ0v) is 15.2. The number of carbonyl (C=O) groups excluding carboxylic acids is 1. The van der Waals surface area contributed by atoms with Crippen LogP contribution in [-0.2, 0) is 11.8 Å². The highest BCUT2D eigenvalue weighted by Crippen LogP contribution is 2.28. The third-order valence-electron chi connectivity index (χ3n) is 3.80. The van der Waals surface area contributed by atoms with Crippen molar-refractivity contribution in [1.82, 2.24) is 19.7 Å². The Kier molecular flexibility index (Phi) is 5.62. The number of pyridine rings is 1. The lowest BCUT2D eigenvalue weighted by molar-refractivity contribution is -0.115. The Morgan fingerprint density at radius 2 is 2.08 bits per heavy atom. The van der Waals surface area contributed by atoms with Gasteiger partial charge in [0.05, 0.1) is 10.9 Å². The minimum atomic E-state index is -0.460. The Balaban J connectivity index is 1.75. The summed E-state index contributed by atoms with van der Waals surface area (Å²) in [6.45, 7) is 1.90. The molecule has 26 heavy (non-hydrogen) atoms. The number of benzene rings is 1. The molecular weight excluding hydrogens is 353 g/mol. The van der Waals surface area contributed by atoms with Crippen molar-refractivity contribution >= 4 is 23.4 Å². The normalized spacial score (nSPS) is 12.0. The number of para-hydroxylation sites is 1. The summed E-state index contributed by atoms with van der Waals surface area (Å²) in [6.07, 6.45) is 3.97. The van der Waals surface area contributed by atoms with Gasteiger partial charge in [0.2, 0.25) is 5.91 Å². The fraction of sp³-hybridized carbons (Fsp3) is 0.222. The van der Waals surface area contributed by atoms with E-state index in [9.17, 15) is 9.18 Å². The number of hydrogen-bond donors (Lipinski definition) is 1. The SMILES string of the molecule is CC[C@@H](Sc1nnc(-c2cccnc2)n1C)C(=O)Nc1ccccc1F. The molecule has 0 saturated heterocycles. The quantitative estimate of drug-likeness (QED) is 0.671. The van der Waals surface area contributed by atoms with E-state index in [4.69, 9.17) is 0 Å². The number of halogens is 1. The molecule has 134 valence electrons. The monoisotopic (exact) mass is 371 g/mol. The number of thioether (sulfide) groups is 1. The largest absolute Gasteiger partial charge is 0.323 e. The van der Waals surface area contributed by atoms with Gasteiger partial charge in [-0.2, -0.15) is 0 Å². The minimum Gasteiger partial charge on any atom is -0.323 e. The van der Waals surface area contributed by atoms with Crippen LogP contribution >= 0.6 is 11.8 Å². The highest BCUT2D eigenvalue weighted by atomic mass is 32.2. The third-order valence-corrected chi connectivity index (χ3v) is 5.20. The number of carbonyl (C=O) groups is 1. The Labute approximate surface area is 154 Å². The summed E-state index contributed by atoms with van der Waals surface area (Å²) in [5.41, 5.74) is 1.02. The predicted octanol–water partition coefficient (Wildman–Crippen LogP) is 3.53. The van der Waals surface area contributed by atoms with E-state index in [1.807, 2.05) is 30.7 Å². The van der Waals surface area contributed by atoms with Gasteiger partial charge in [-0.25, -0.2) is 4.39 Å². The second-order valence-electron chi connectivity index (χ2n) is 5.59. The van der Waals surface area contributed by atoms with Gasteiger partial charge in [-0.15, -0.1) is 10.2 Å². The molecule has 1 aromatic carbocycles. The molecule has 0 aliphatic heterocycles. The molecule has 3 aromatic rings. The lowest BCUT2D eigenvalue weighted by Gasteiger charge is -2.14. The van der Waals surface area contributed by atoms with Crippen molar-refractivity contribution in [2.45, 2.75) is 23.8 Å². The van der Waals surface area contributed by atoms with Gasteiger partial charge >= 0.3 is 0 Å². The van der Waals surface area contributed by atoms with Crippen LogP contribution in [0.15, 0.2) is 53.9 Å². The Morgan fingerprint density at radius 3 is 2.77 bits per heavy atom. The number of nitrogens with one attached hydrogen (secondary N) is 1. The summed E-state index contributed by atoms with van der Waals surface area (Å²) < 4.78 is 15.6. The second-order valence-corrected chi connectivity index (χ2v) is 6.76. The molecule has 0 spiro atoms. The summed E-state index contributed by atoms with van der Waals surface area (Å²) in [5.74, 6) is -0.0586. The standard InChI is InChI=1S/C18H18FN5OS/c1-3-15(17(25)21-14-9-5-4-8-13(14)19)26-18-23-22-16(24(18)2)12-7-6-10-20-11-12/h4-11,15H,3H2,1-2H3,(H,21,25)/t15-/m1/s1. The van der Waals surface area contributed by atoms with Crippen LogP contribution in [-0.4, -0.2) is 30.9 Å². The van der Waals surface area contributed by atoms with Gasteiger partial charge in [-0.3, -0.25) is 9.78 Å². The van der Waals surface area contributed by atoms with E-state index in [1.165, 1.54) is 23.9 Å². The minimum absolute atomic E-state index is 0.172. The number of amides is 1. The summed E-state index contributed by atoms with van der Waals surface area (Å²) in [4.78, 5) is 16.6. The molecule has 8 heteroatoms. The number of rotatable bonds is 6. The highest BCUT2D eigenvalue weighted by Gasteiger charge is 2.22. The zero-order chi connectivity index (χ0) is 18.5. The molecule has 0 aliphatic rings. The molecule has 0 bridgehead atoms. The van der Waals surface area contributed by atoms with E-state index in [2.05, 4.69) is 20.5 Å². The van der Waals surface area contributed by atoms with E-state index in [-0.39, 0.29) is 11.6 Å². The molecule has 2 aromatic heterocycles. The van der Waals surface area contributed by atoms with E-state index in [1.54, 1.807) is 24.5 Å². The van der Waals surface area contributed by atoms with E-state index in [0.29, 0.717) is 17.4 Å². The average molecular weight is 371 g/mol. The lowest BCUT2D eigenvalue weighted by atomic mass is 10.2. The maximum atomic E-state index is 13.7. The van der Waals surface area contributed by atoms with Gasteiger partial charge in [-0.05, 0) is 30.7 Å². The maximum absolute atomic E-state index is 13.7. The van der Waals surface area contributed by atoms with Crippen molar-refractivity contribution in [3.63, 3.8) is 0 Å². The molecule has 0 aliphatic carbocycles. The molecular formula is C18H18FN5OS. The molecule has 2 heterocycles. The molecule has 1 atom stereocenters. The van der Waals surface area contributed by atoms with E-state index >= 15 is 0 Å². The first kappa shape index (κ1) is 18.1. The van der Waals surface area contributed by atoms with Gasteiger partial charge in [0.25, 0.3) is 0 Å². The van der Waals surface area contributed by atoms with Crippen molar-refractivity contribution < 1.29 is 9.18 Å². The van der Waals surface area contributed by atoms with Crippen molar-refractivity contribution in [3.8, 4) is 11.4 Å². The Bertz CT molecular complexity index is 900. The van der Waals surface area contributed by atoms with Crippen molar-refractivity contribution in [2.75, 3.05) is 5.32 Å². The molecule has 6 nitrogen and oxygen atoms in total. The molecule has 1 N–H and O–H groups in total. The van der Waals surface area contributed by atoms with Gasteiger partial charge in [0.1, 0.15) is 5.82 Å². The van der Waals surface area contributed by atoms with Crippen molar-refractivity contribution in [1.29, 1.82) is 0 Å². The van der Waals surface area contributed by atoms with Crippen LogP contribution in [0.3, 0.4) is 0 Å². The number of anilines is 1. The molecule has 0 fully saturated rings. The molecule has 0 radical (unpaired) electrons. The summed E-state index contributed by atoms with van der Waals surface area (Å²) in [6, 6.07) is 9.83. The van der Waals surface area contributed by atoms with Crippen LogP contribution in [0.5, 0.6) is 0 Å². The maximum Gasteiger partial charge on any atom is 0.238 e. The molecule has 3 rings (SSSR count). The summed E-state index contributed by atoms with van der Waals surface area (Å²) in [5, 5.41) is 11.2. The van der Waals surface area contributed by atoms with Gasteiger partial charge in [-0.1, -0.05) is 30.8 Å². The van der Waals surface area contributed by atoms with Crippen LogP contribution in [0.1, 0.15) is 13.3 Å².